The zero-order valence-corrected chi connectivity index (χ0v) is 26.7. The van der Waals surface area contributed by atoms with Gasteiger partial charge in [0.25, 0.3) is 0 Å². The van der Waals surface area contributed by atoms with Crippen LogP contribution >= 0.6 is 0 Å². The largest absolute Gasteiger partial charge is 0.456 e. The summed E-state index contributed by atoms with van der Waals surface area (Å²) in [5, 5.41) is 9.32. The van der Waals surface area contributed by atoms with E-state index in [4.69, 9.17) is 5.79 Å². The van der Waals surface area contributed by atoms with Crippen LogP contribution in [-0.2, 0) is 0 Å². The molecule has 49 heavy (non-hydrogen) atoms. The van der Waals surface area contributed by atoms with E-state index in [1.165, 1.54) is 54.9 Å². The molecule has 0 N–H and O–H groups in total. The minimum absolute atomic E-state index is 0.528. The van der Waals surface area contributed by atoms with E-state index in [0.29, 0.717) is 6.04 Å². The molecule has 0 unspecified atom stereocenters. The summed E-state index contributed by atoms with van der Waals surface area (Å²) in [5.41, 5.74) is 11.2. The summed E-state index contributed by atoms with van der Waals surface area (Å²) in [6.07, 6.45) is 0. The highest BCUT2D eigenvalue weighted by molar-refractivity contribution is 6.23. The summed E-state index contributed by atoms with van der Waals surface area (Å²) in [6, 6.07) is 62.9. The van der Waals surface area contributed by atoms with Crippen molar-refractivity contribution in [2.45, 2.75) is 0 Å². The van der Waals surface area contributed by atoms with E-state index in [1.54, 1.807) is 0 Å². The highest BCUT2D eigenvalue weighted by atomic mass is 16.3. The van der Waals surface area contributed by atoms with E-state index < -0.39 is 0 Å². The highest BCUT2D eigenvalue weighted by Gasteiger charge is 2.21. The lowest BCUT2D eigenvalue weighted by molar-refractivity contribution is 0.669. The van der Waals surface area contributed by atoms with Gasteiger partial charge in [-0.25, -0.2) is 0 Å². The van der Waals surface area contributed by atoms with Crippen LogP contribution in [0.1, 0.15) is 1.37 Å². The first-order chi connectivity index (χ1) is 24.7. The van der Waals surface area contributed by atoms with Crippen LogP contribution in [0, 0.1) is 0 Å². The zero-order valence-electron chi connectivity index (χ0n) is 27.7. The second-order valence-corrected chi connectivity index (χ2v) is 12.7. The van der Waals surface area contributed by atoms with Gasteiger partial charge in [-0.2, -0.15) is 0 Å². The molecular weight excluding hydrogens is 593 g/mol. The first-order valence-electron chi connectivity index (χ1n) is 17.3. The van der Waals surface area contributed by atoms with Crippen LogP contribution in [0.25, 0.3) is 98.8 Å². The van der Waals surface area contributed by atoms with Gasteiger partial charge in [-0.05, 0) is 101 Å². The van der Waals surface area contributed by atoms with Crippen molar-refractivity contribution in [3.8, 4) is 44.5 Å². The minimum atomic E-state index is 0.528. The maximum atomic E-state index is 8.11. The number of hydrogen-bond donors (Lipinski definition) is 0. The van der Waals surface area contributed by atoms with Crippen LogP contribution in [0.2, 0.25) is 0 Å². The third-order valence-electron chi connectivity index (χ3n) is 10.00. The predicted octanol–water partition coefficient (Wildman–Crippen LogP) is 13.7. The quantitative estimate of drug-likeness (QED) is 0.178. The van der Waals surface area contributed by atoms with Crippen molar-refractivity contribution in [3.05, 3.63) is 182 Å². The fourth-order valence-electron chi connectivity index (χ4n) is 7.81. The Bertz CT molecular complexity index is 2880. The SMILES string of the molecule is [2H]c1ccc2cc(-c3c4ccccc4c(-c4ccccc4-c4cccc5oc6cc(-c7ccccc7)ccc6c45)c4ccccc34)ccc2c1. The normalized spacial score (nSPS) is 12.0. The smallest absolute Gasteiger partial charge is 0.136 e. The van der Waals surface area contributed by atoms with Gasteiger partial charge in [-0.1, -0.05) is 158 Å². The number of furan rings is 1. The van der Waals surface area contributed by atoms with Crippen molar-refractivity contribution < 1.29 is 5.79 Å². The second-order valence-electron chi connectivity index (χ2n) is 12.7. The summed E-state index contributed by atoms with van der Waals surface area (Å²) in [7, 11) is 0. The molecule has 10 aromatic rings. The molecule has 10 rings (SSSR count). The lowest BCUT2D eigenvalue weighted by Crippen LogP contribution is -1.93. The van der Waals surface area contributed by atoms with Gasteiger partial charge in [0.1, 0.15) is 11.2 Å². The molecule has 0 radical (unpaired) electrons. The Labute approximate surface area is 285 Å². The summed E-state index contributed by atoms with van der Waals surface area (Å²) in [5.74, 6) is 0. The first kappa shape index (κ1) is 26.6. The van der Waals surface area contributed by atoms with Gasteiger partial charge in [-0.3, -0.25) is 0 Å². The maximum absolute atomic E-state index is 8.11. The molecule has 1 heterocycles. The predicted molar refractivity (Wildman–Crippen MR) is 208 cm³/mol. The molecule has 0 aliphatic heterocycles. The van der Waals surface area contributed by atoms with Gasteiger partial charge in [-0.15, -0.1) is 0 Å². The molecule has 228 valence electrons. The van der Waals surface area contributed by atoms with Gasteiger partial charge in [0.05, 0.1) is 1.37 Å². The summed E-state index contributed by atoms with van der Waals surface area (Å²) in [6.45, 7) is 0. The van der Waals surface area contributed by atoms with Gasteiger partial charge < -0.3 is 4.42 Å². The van der Waals surface area contributed by atoms with Crippen molar-refractivity contribution in [2.24, 2.45) is 0 Å². The highest BCUT2D eigenvalue weighted by Crippen LogP contribution is 2.48. The molecule has 0 aliphatic rings. The zero-order chi connectivity index (χ0) is 33.2. The Kier molecular flexibility index (Phi) is 6.02. The van der Waals surface area contributed by atoms with Gasteiger partial charge >= 0.3 is 0 Å². The molecule has 0 amide bonds. The van der Waals surface area contributed by atoms with E-state index in [-0.39, 0.29) is 0 Å². The third kappa shape index (κ3) is 4.40. The number of fused-ring (bicyclic) bond motifs is 6. The summed E-state index contributed by atoms with van der Waals surface area (Å²) >= 11 is 0. The van der Waals surface area contributed by atoms with Crippen LogP contribution in [0.3, 0.4) is 0 Å². The molecule has 1 aromatic heterocycles. The van der Waals surface area contributed by atoms with Crippen molar-refractivity contribution >= 4 is 54.3 Å². The molecular formula is C48H30O. The van der Waals surface area contributed by atoms with E-state index in [2.05, 4.69) is 158 Å². The van der Waals surface area contributed by atoms with E-state index in [0.717, 1.165) is 43.8 Å². The van der Waals surface area contributed by atoms with Gasteiger partial charge in [0, 0.05) is 10.8 Å². The molecule has 0 spiro atoms. The maximum Gasteiger partial charge on any atom is 0.136 e. The third-order valence-corrected chi connectivity index (χ3v) is 10.00. The standard InChI is InChI=1S/C48H30O/c1-2-13-31(14-3-1)34-27-28-43-45(30-34)49-44-24-12-23-38(48(43)44)36-17-6-7-18-37(36)47-41-21-10-8-19-39(41)46(40-20-9-11-22-42(40)47)35-26-25-32-15-4-5-16-33(32)29-35/h1-30H/i4D. The Morgan fingerprint density at radius 2 is 1.00 bits per heavy atom. The van der Waals surface area contributed by atoms with Crippen LogP contribution in [0.15, 0.2) is 186 Å². The molecule has 1 nitrogen and oxygen atoms in total. The molecule has 0 bridgehead atoms. The monoisotopic (exact) mass is 623 g/mol. The van der Waals surface area contributed by atoms with E-state index in [9.17, 15) is 0 Å². The number of benzene rings is 9. The Morgan fingerprint density at radius 3 is 1.78 bits per heavy atom. The van der Waals surface area contributed by atoms with Gasteiger partial charge in [0.2, 0.25) is 0 Å². The molecule has 1 heteroatoms. The van der Waals surface area contributed by atoms with Crippen LogP contribution in [0.4, 0.5) is 0 Å². The van der Waals surface area contributed by atoms with Crippen molar-refractivity contribution in [1.29, 1.82) is 0 Å². The number of rotatable bonds is 4. The average Bonchev–Trinajstić information content (AvgIpc) is 3.55. The number of hydrogen-bond acceptors (Lipinski definition) is 1. The Morgan fingerprint density at radius 1 is 0.347 bits per heavy atom. The van der Waals surface area contributed by atoms with Crippen LogP contribution in [-0.4, -0.2) is 0 Å². The van der Waals surface area contributed by atoms with Crippen molar-refractivity contribution in [2.75, 3.05) is 0 Å². The topological polar surface area (TPSA) is 13.1 Å². The van der Waals surface area contributed by atoms with E-state index >= 15 is 0 Å². The van der Waals surface area contributed by atoms with Crippen LogP contribution in [0.5, 0.6) is 0 Å². The van der Waals surface area contributed by atoms with Crippen molar-refractivity contribution in [3.63, 3.8) is 0 Å². The fraction of sp³-hybridized carbons (Fsp3) is 0. The molecule has 0 saturated heterocycles. The van der Waals surface area contributed by atoms with Crippen LogP contribution < -0.4 is 0 Å². The molecule has 0 aliphatic carbocycles. The molecule has 0 fully saturated rings. The first-order valence-corrected chi connectivity index (χ1v) is 16.8. The summed E-state index contributed by atoms with van der Waals surface area (Å²) in [4.78, 5) is 0. The van der Waals surface area contributed by atoms with Crippen molar-refractivity contribution in [1.82, 2.24) is 0 Å². The average molecular weight is 624 g/mol. The van der Waals surface area contributed by atoms with Gasteiger partial charge in [0.15, 0.2) is 0 Å². The lowest BCUT2D eigenvalue weighted by Gasteiger charge is -2.20. The second kappa shape index (κ2) is 11.1. The Balaban J connectivity index is 1.23. The molecule has 0 saturated carbocycles. The Hall–Kier alpha value is -6.44. The fourth-order valence-corrected chi connectivity index (χ4v) is 7.81. The minimum Gasteiger partial charge on any atom is -0.456 e. The lowest BCUT2D eigenvalue weighted by atomic mass is 9.83. The summed E-state index contributed by atoms with van der Waals surface area (Å²) < 4.78 is 14.7. The molecule has 9 aromatic carbocycles. The van der Waals surface area contributed by atoms with E-state index in [1.807, 2.05) is 18.2 Å². The molecule has 0 atom stereocenters.